The molecule has 1 fully saturated rings. The Balaban J connectivity index is 1.64. The molecule has 0 bridgehead atoms. The van der Waals surface area contributed by atoms with Gasteiger partial charge in [0.2, 0.25) is 0 Å². The van der Waals surface area contributed by atoms with Crippen LogP contribution in [0.5, 0.6) is 5.75 Å². The van der Waals surface area contributed by atoms with Crippen LogP contribution in [0.4, 0.5) is 0 Å². The summed E-state index contributed by atoms with van der Waals surface area (Å²) in [7, 11) is -0.615. The van der Waals surface area contributed by atoms with Crippen LogP contribution in [0.1, 0.15) is 50.5 Å². The van der Waals surface area contributed by atoms with E-state index in [0.717, 1.165) is 11.8 Å². The maximum atomic E-state index is 11.5. The van der Waals surface area contributed by atoms with E-state index in [1.165, 1.54) is 0 Å². The quantitative estimate of drug-likeness (QED) is 0.502. The standard InChI is InChI=1S/C23H29BO5/c1-17(26-16-18-9-7-6-8-10-18)15-27-20-12-11-19(14-25)21(13-20)24-28-22(2,3)23(4,5)29-24/h6-14,17H,15-16H2,1-5H3. The van der Waals surface area contributed by atoms with E-state index in [1.54, 1.807) is 12.1 Å². The highest BCUT2D eigenvalue weighted by molar-refractivity contribution is 6.63. The number of hydrogen-bond acceptors (Lipinski definition) is 5. The summed E-state index contributed by atoms with van der Waals surface area (Å²) < 4.78 is 24.0. The van der Waals surface area contributed by atoms with Gasteiger partial charge in [0.1, 0.15) is 18.6 Å². The molecule has 3 rings (SSSR count). The summed E-state index contributed by atoms with van der Waals surface area (Å²) in [4.78, 5) is 11.5. The summed E-state index contributed by atoms with van der Waals surface area (Å²) in [5.41, 5.74) is 1.37. The van der Waals surface area contributed by atoms with Crippen LogP contribution in [-0.4, -0.2) is 37.3 Å². The van der Waals surface area contributed by atoms with Crippen molar-refractivity contribution < 1.29 is 23.6 Å². The molecular weight excluding hydrogens is 367 g/mol. The molecular formula is C23H29BO5. The van der Waals surface area contributed by atoms with E-state index in [4.69, 9.17) is 18.8 Å². The van der Waals surface area contributed by atoms with E-state index >= 15 is 0 Å². The summed E-state index contributed by atoms with van der Waals surface area (Å²) in [6, 6.07) is 15.4. The number of hydrogen-bond donors (Lipinski definition) is 0. The van der Waals surface area contributed by atoms with Crippen LogP contribution < -0.4 is 10.2 Å². The third-order valence-corrected chi connectivity index (χ3v) is 5.55. The van der Waals surface area contributed by atoms with Gasteiger partial charge >= 0.3 is 7.12 Å². The molecule has 0 aliphatic carbocycles. The molecule has 5 nitrogen and oxygen atoms in total. The third kappa shape index (κ3) is 5.07. The van der Waals surface area contributed by atoms with Crippen LogP contribution in [0.3, 0.4) is 0 Å². The van der Waals surface area contributed by atoms with Gasteiger partial charge in [-0.3, -0.25) is 4.79 Å². The Bertz CT molecular complexity index is 818. The van der Waals surface area contributed by atoms with Gasteiger partial charge in [-0.25, -0.2) is 0 Å². The van der Waals surface area contributed by atoms with Crippen molar-refractivity contribution in [3.05, 3.63) is 59.7 Å². The Hall–Kier alpha value is -2.15. The minimum Gasteiger partial charge on any atom is -0.491 e. The topological polar surface area (TPSA) is 54.0 Å². The van der Waals surface area contributed by atoms with Crippen molar-refractivity contribution in [2.75, 3.05) is 6.61 Å². The highest BCUT2D eigenvalue weighted by atomic mass is 16.7. The van der Waals surface area contributed by atoms with Crippen LogP contribution in [0.2, 0.25) is 0 Å². The van der Waals surface area contributed by atoms with E-state index in [-0.39, 0.29) is 6.10 Å². The summed E-state index contributed by atoms with van der Waals surface area (Å²) >= 11 is 0. The van der Waals surface area contributed by atoms with Gasteiger partial charge in [-0.15, -0.1) is 0 Å². The fraction of sp³-hybridized carbons (Fsp3) is 0.435. The highest BCUT2D eigenvalue weighted by Crippen LogP contribution is 2.36. The van der Waals surface area contributed by atoms with Crippen molar-refractivity contribution in [3.8, 4) is 5.75 Å². The Morgan fingerprint density at radius 2 is 1.69 bits per heavy atom. The number of benzene rings is 2. The minimum atomic E-state index is -0.615. The Labute approximate surface area is 173 Å². The van der Waals surface area contributed by atoms with Gasteiger partial charge in [0.15, 0.2) is 0 Å². The maximum absolute atomic E-state index is 11.5. The zero-order valence-corrected chi connectivity index (χ0v) is 17.8. The van der Waals surface area contributed by atoms with Crippen molar-refractivity contribution in [1.82, 2.24) is 0 Å². The lowest BCUT2D eigenvalue weighted by molar-refractivity contribution is 0.00578. The second-order valence-electron chi connectivity index (χ2n) is 8.42. The summed E-state index contributed by atoms with van der Waals surface area (Å²) in [5, 5.41) is 0. The van der Waals surface area contributed by atoms with Crippen molar-refractivity contribution in [2.45, 2.75) is 58.5 Å². The molecule has 1 saturated heterocycles. The molecule has 2 aromatic rings. The van der Waals surface area contributed by atoms with E-state index in [9.17, 15) is 4.79 Å². The van der Waals surface area contributed by atoms with Crippen molar-refractivity contribution in [1.29, 1.82) is 0 Å². The van der Waals surface area contributed by atoms with Crippen molar-refractivity contribution in [2.24, 2.45) is 0 Å². The molecule has 0 radical (unpaired) electrons. The highest BCUT2D eigenvalue weighted by Gasteiger charge is 2.52. The fourth-order valence-corrected chi connectivity index (χ4v) is 3.00. The summed E-state index contributed by atoms with van der Waals surface area (Å²) in [6.07, 6.45) is 0.733. The smallest absolute Gasteiger partial charge is 0.491 e. The molecule has 29 heavy (non-hydrogen) atoms. The number of carbonyl (C=O) groups excluding carboxylic acids is 1. The maximum Gasteiger partial charge on any atom is 0.495 e. The largest absolute Gasteiger partial charge is 0.495 e. The molecule has 2 aromatic carbocycles. The van der Waals surface area contributed by atoms with Gasteiger partial charge in [0.05, 0.1) is 23.9 Å². The van der Waals surface area contributed by atoms with Crippen LogP contribution >= 0.6 is 0 Å². The van der Waals surface area contributed by atoms with Gasteiger partial charge < -0.3 is 18.8 Å². The van der Waals surface area contributed by atoms with Crippen LogP contribution in [0.25, 0.3) is 0 Å². The fourth-order valence-electron chi connectivity index (χ4n) is 3.00. The number of carbonyl (C=O) groups is 1. The predicted octanol–water partition coefficient (Wildman–Crippen LogP) is 3.78. The first-order valence-electron chi connectivity index (χ1n) is 9.95. The molecule has 0 spiro atoms. The Morgan fingerprint density at radius 1 is 1.03 bits per heavy atom. The molecule has 0 amide bonds. The Kier molecular flexibility index (Phi) is 6.47. The van der Waals surface area contributed by atoms with Crippen LogP contribution in [0, 0.1) is 0 Å². The number of ether oxygens (including phenoxy) is 2. The first-order chi connectivity index (χ1) is 13.7. The van der Waals surface area contributed by atoms with Crippen molar-refractivity contribution >= 4 is 18.9 Å². The molecule has 1 unspecified atom stereocenters. The van der Waals surface area contributed by atoms with Gasteiger partial charge in [0.25, 0.3) is 0 Å². The average molecular weight is 396 g/mol. The summed E-state index contributed by atoms with van der Waals surface area (Å²) in [5.74, 6) is 0.649. The molecule has 1 atom stereocenters. The SMILES string of the molecule is CC(COc1ccc(C=O)c(B2OC(C)(C)C(C)(C)O2)c1)OCc1ccccc1. The van der Waals surface area contributed by atoms with Crippen molar-refractivity contribution in [3.63, 3.8) is 0 Å². The Morgan fingerprint density at radius 3 is 2.31 bits per heavy atom. The zero-order valence-electron chi connectivity index (χ0n) is 17.8. The number of aldehydes is 1. The lowest BCUT2D eigenvalue weighted by atomic mass is 9.76. The summed E-state index contributed by atoms with van der Waals surface area (Å²) in [6.45, 7) is 10.8. The lowest BCUT2D eigenvalue weighted by Crippen LogP contribution is -2.41. The minimum absolute atomic E-state index is 0.0822. The van der Waals surface area contributed by atoms with E-state index in [0.29, 0.717) is 30.0 Å². The van der Waals surface area contributed by atoms with Gasteiger partial charge in [-0.2, -0.15) is 0 Å². The van der Waals surface area contributed by atoms with E-state index in [2.05, 4.69) is 0 Å². The van der Waals surface area contributed by atoms with E-state index in [1.807, 2.05) is 71.0 Å². The molecule has 1 aliphatic rings. The molecule has 0 aromatic heterocycles. The first-order valence-corrected chi connectivity index (χ1v) is 9.95. The normalized spacial score (nSPS) is 18.4. The zero-order chi connectivity index (χ0) is 21.1. The molecule has 0 N–H and O–H groups in total. The van der Waals surface area contributed by atoms with Crippen LogP contribution in [-0.2, 0) is 20.7 Å². The predicted molar refractivity (Wildman–Crippen MR) is 114 cm³/mol. The van der Waals surface area contributed by atoms with E-state index < -0.39 is 18.3 Å². The second-order valence-corrected chi connectivity index (χ2v) is 8.42. The monoisotopic (exact) mass is 396 g/mol. The van der Waals surface area contributed by atoms with Gasteiger partial charge in [0, 0.05) is 5.56 Å². The molecule has 1 aliphatic heterocycles. The lowest BCUT2D eigenvalue weighted by Gasteiger charge is -2.32. The van der Waals surface area contributed by atoms with Crippen LogP contribution in [0.15, 0.2) is 48.5 Å². The van der Waals surface area contributed by atoms with Gasteiger partial charge in [-0.1, -0.05) is 30.3 Å². The second kappa shape index (κ2) is 8.70. The molecule has 1 heterocycles. The first kappa shape index (κ1) is 21.6. The average Bonchev–Trinajstić information content (AvgIpc) is 2.92. The van der Waals surface area contributed by atoms with Gasteiger partial charge in [-0.05, 0) is 63.8 Å². The molecule has 154 valence electrons. The molecule has 6 heteroatoms. The number of rotatable bonds is 8. The third-order valence-electron chi connectivity index (χ3n) is 5.55. The molecule has 0 saturated carbocycles.